The van der Waals surface area contributed by atoms with Gasteiger partial charge in [0.2, 0.25) is 10.0 Å². The molecule has 0 aliphatic heterocycles. The van der Waals surface area contributed by atoms with E-state index in [2.05, 4.69) is 6.58 Å². The van der Waals surface area contributed by atoms with E-state index in [4.69, 9.17) is 5.11 Å². The molecule has 1 aliphatic carbocycles. The molecule has 7 heteroatoms. The fraction of sp³-hybridized carbons (Fsp3) is 0.308. The van der Waals surface area contributed by atoms with Gasteiger partial charge in [0, 0.05) is 12.6 Å². The predicted molar refractivity (Wildman–Crippen MR) is 70.5 cm³/mol. The van der Waals surface area contributed by atoms with E-state index in [9.17, 15) is 17.6 Å². The zero-order chi connectivity index (χ0) is 14.9. The van der Waals surface area contributed by atoms with Gasteiger partial charge in [-0.2, -0.15) is 4.31 Å². The Morgan fingerprint density at radius 1 is 1.50 bits per heavy atom. The highest BCUT2D eigenvalue weighted by Gasteiger charge is 2.37. The van der Waals surface area contributed by atoms with Gasteiger partial charge in [0.1, 0.15) is 5.82 Å². The summed E-state index contributed by atoms with van der Waals surface area (Å²) in [5, 5.41) is 8.85. The van der Waals surface area contributed by atoms with Crippen LogP contribution in [0.25, 0.3) is 0 Å². The lowest BCUT2D eigenvalue weighted by Crippen LogP contribution is -2.33. The Kier molecular flexibility index (Phi) is 3.92. The first-order valence-corrected chi connectivity index (χ1v) is 7.47. The summed E-state index contributed by atoms with van der Waals surface area (Å²) in [4.78, 5) is 10.7. The number of carboxylic acids is 1. The lowest BCUT2D eigenvalue weighted by Gasteiger charge is -2.20. The van der Waals surface area contributed by atoms with Crippen molar-refractivity contribution in [3.8, 4) is 0 Å². The minimum atomic E-state index is -3.84. The van der Waals surface area contributed by atoms with E-state index < -0.39 is 27.4 Å². The Balaban J connectivity index is 2.45. The van der Waals surface area contributed by atoms with Crippen molar-refractivity contribution >= 4 is 16.0 Å². The molecule has 0 atom stereocenters. The largest absolute Gasteiger partial charge is 0.478 e. The monoisotopic (exact) mass is 299 g/mol. The van der Waals surface area contributed by atoms with Crippen LogP contribution in [0.2, 0.25) is 0 Å². The van der Waals surface area contributed by atoms with E-state index in [-0.39, 0.29) is 17.5 Å². The summed E-state index contributed by atoms with van der Waals surface area (Å²) in [6.07, 6.45) is 3.00. The van der Waals surface area contributed by atoms with E-state index in [0.29, 0.717) is 0 Å². The molecule has 0 aromatic heterocycles. The van der Waals surface area contributed by atoms with Crippen LogP contribution in [0, 0.1) is 5.82 Å². The minimum absolute atomic E-state index is 0.0867. The summed E-state index contributed by atoms with van der Waals surface area (Å²) in [7, 11) is -3.84. The van der Waals surface area contributed by atoms with Crippen molar-refractivity contribution in [3.63, 3.8) is 0 Å². The Morgan fingerprint density at radius 2 is 2.15 bits per heavy atom. The molecule has 20 heavy (non-hydrogen) atoms. The highest BCUT2D eigenvalue weighted by Crippen LogP contribution is 2.32. The molecular formula is C13H14FNO4S. The van der Waals surface area contributed by atoms with Gasteiger partial charge in [0.05, 0.1) is 10.5 Å². The van der Waals surface area contributed by atoms with Crippen LogP contribution in [0.15, 0.2) is 35.7 Å². The Hall–Kier alpha value is -1.73. The topological polar surface area (TPSA) is 74.7 Å². The number of aromatic carboxylic acids is 1. The number of benzene rings is 1. The number of halogens is 1. The molecule has 0 radical (unpaired) electrons. The van der Waals surface area contributed by atoms with Crippen LogP contribution in [-0.4, -0.2) is 36.4 Å². The van der Waals surface area contributed by atoms with Crippen LogP contribution in [0.3, 0.4) is 0 Å². The van der Waals surface area contributed by atoms with Crippen molar-refractivity contribution in [2.75, 3.05) is 6.54 Å². The molecule has 0 amide bonds. The van der Waals surface area contributed by atoms with E-state index in [1.165, 1.54) is 10.4 Å². The molecule has 0 unspecified atom stereocenters. The van der Waals surface area contributed by atoms with Gasteiger partial charge >= 0.3 is 5.97 Å². The Bertz CT molecular complexity index is 652. The molecule has 0 heterocycles. The second-order valence-corrected chi connectivity index (χ2v) is 6.43. The fourth-order valence-electron chi connectivity index (χ4n) is 1.90. The Morgan fingerprint density at radius 3 is 2.65 bits per heavy atom. The third-order valence-electron chi connectivity index (χ3n) is 3.04. The summed E-state index contributed by atoms with van der Waals surface area (Å²) in [5.74, 6) is -2.46. The van der Waals surface area contributed by atoms with Crippen molar-refractivity contribution in [1.29, 1.82) is 0 Å². The molecule has 1 saturated carbocycles. The number of hydrogen-bond acceptors (Lipinski definition) is 3. The normalized spacial score (nSPS) is 15.3. The molecule has 1 fully saturated rings. The third kappa shape index (κ3) is 2.73. The maximum absolute atomic E-state index is 13.3. The molecule has 0 spiro atoms. The average Bonchev–Trinajstić information content (AvgIpc) is 3.19. The molecular weight excluding hydrogens is 285 g/mol. The van der Waals surface area contributed by atoms with Crippen molar-refractivity contribution in [1.82, 2.24) is 4.31 Å². The van der Waals surface area contributed by atoms with Crippen LogP contribution in [0.1, 0.15) is 23.2 Å². The molecule has 1 aromatic rings. The molecule has 2 rings (SSSR count). The molecule has 5 nitrogen and oxygen atoms in total. The van der Waals surface area contributed by atoms with Crippen molar-refractivity contribution in [3.05, 3.63) is 42.2 Å². The molecule has 0 bridgehead atoms. The van der Waals surface area contributed by atoms with Crippen LogP contribution in [-0.2, 0) is 10.0 Å². The summed E-state index contributed by atoms with van der Waals surface area (Å²) < 4.78 is 39.5. The van der Waals surface area contributed by atoms with Gasteiger partial charge < -0.3 is 5.11 Å². The molecule has 1 N–H and O–H groups in total. The lowest BCUT2D eigenvalue weighted by atomic mass is 10.2. The zero-order valence-corrected chi connectivity index (χ0v) is 11.4. The summed E-state index contributed by atoms with van der Waals surface area (Å²) in [6.45, 7) is 3.66. The quantitative estimate of drug-likeness (QED) is 0.814. The molecule has 1 aromatic carbocycles. The van der Waals surface area contributed by atoms with Crippen LogP contribution in [0.5, 0.6) is 0 Å². The van der Waals surface area contributed by atoms with E-state index in [1.807, 2.05) is 0 Å². The van der Waals surface area contributed by atoms with Gasteiger partial charge in [-0.05, 0) is 31.0 Å². The van der Waals surface area contributed by atoms with E-state index in [1.54, 1.807) is 0 Å². The van der Waals surface area contributed by atoms with Gasteiger partial charge in [-0.25, -0.2) is 17.6 Å². The van der Waals surface area contributed by atoms with Gasteiger partial charge in [-0.1, -0.05) is 6.08 Å². The Labute approximate surface area is 116 Å². The standard InChI is InChI=1S/C13H14FNO4S/c1-2-7-15(9-3-4-9)20(18,19)10-5-6-12(14)11(8-10)13(16)17/h2,5-6,8-9H,1,3-4,7H2,(H,16,17). The average molecular weight is 299 g/mol. The van der Waals surface area contributed by atoms with Gasteiger partial charge in [0.15, 0.2) is 0 Å². The second kappa shape index (κ2) is 5.34. The third-order valence-corrected chi connectivity index (χ3v) is 4.95. The summed E-state index contributed by atoms with van der Waals surface area (Å²) in [6, 6.07) is 2.70. The highest BCUT2D eigenvalue weighted by atomic mass is 32.2. The number of nitrogens with zero attached hydrogens (tertiary/aromatic N) is 1. The van der Waals surface area contributed by atoms with Gasteiger partial charge in [-0.3, -0.25) is 0 Å². The van der Waals surface area contributed by atoms with Gasteiger partial charge in [-0.15, -0.1) is 6.58 Å². The van der Waals surface area contributed by atoms with Crippen LogP contribution in [0.4, 0.5) is 4.39 Å². The van der Waals surface area contributed by atoms with Gasteiger partial charge in [0.25, 0.3) is 0 Å². The molecule has 108 valence electrons. The second-order valence-electron chi connectivity index (χ2n) is 4.54. The first kappa shape index (κ1) is 14.7. The van der Waals surface area contributed by atoms with Crippen LogP contribution < -0.4 is 0 Å². The first-order chi connectivity index (χ1) is 9.37. The SMILES string of the molecule is C=CCN(C1CC1)S(=O)(=O)c1ccc(F)c(C(=O)O)c1. The summed E-state index contributed by atoms with van der Waals surface area (Å²) in [5.41, 5.74) is -0.652. The fourth-order valence-corrected chi connectivity index (χ4v) is 3.58. The van der Waals surface area contributed by atoms with Crippen molar-refractivity contribution in [2.24, 2.45) is 0 Å². The van der Waals surface area contributed by atoms with Crippen molar-refractivity contribution < 1.29 is 22.7 Å². The minimum Gasteiger partial charge on any atom is -0.478 e. The number of rotatable bonds is 6. The van der Waals surface area contributed by atoms with E-state index >= 15 is 0 Å². The molecule has 1 aliphatic rings. The summed E-state index contributed by atoms with van der Waals surface area (Å²) >= 11 is 0. The zero-order valence-electron chi connectivity index (χ0n) is 10.6. The maximum Gasteiger partial charge on any atom is 0.338 e. The number of hydrogen-bond donors (Lipinski definition) is 1. The van der Waals surface area contributed by atoms with Crippen molar-refractivity contribution in [2.45, 2.75) is 23.8 Å². The van der Waals surface area contributed by atoms with Crippen LogP contribution >= 0.6 is 0 Å². The first-order valence-electron chi connectivity index (χ1n) is 6.03. The smallest absolute Gasteiger partial charge is 0.338 e. The highest BCUT2D eigenvalue weighted by molar-refractivity contribution is 7.89. The predicted octanol–water partition coefficient (Wildman–Crippen LogP) is 1.86. The maximum atomic E-state index is 13.3. The number of carboxylic acid groups (broad SMARTS) is 1. The lowest BCUT2D eigenvalue weighted by molar-refractivity contribution is 0.0691. The van der Waals surface area contributed by atoms with E-state index in [0.717, 1.165) is 31.0 Å². The number of sulfonamides is 1. The number of carbonyl (C=O) groups is 1. The molecule has 0 saturated heterocycles.